The van der Waals surface area contributed by atoms with E-state index in [1.165, 1.54) is 83.1 Å². The van der Waals surface area contributed by atoms with Gasteiger partial charge in [0, 0.05) is 6.07 Å². The summed E-state index contributed by atoms with van der Waals surface area (Å²) in [5, 5.41) is 61.0. The molecule has 41 heavy (non-hydrogen) atoms. The van der Waals surface area contributed by atoms with Crippen LogP contribution in [0.5, 0.6) is 11.5 Å². The second-order valence-corrected chi connectivity index (χ2v) is 10.1. The quantitative estimate of drug-likeness (QED) is 0.0920. The fraction of sp³-hybridized carbons (Fsp3) is 0.733. The molecule has 0 saturated carbocycles. The Hall–Kier alpha value is -2.44. The Labute approximate surface area is 243 Å². The first kappa shape index (κ1) is 38.6. The molecule has 1 aromatic rings. The summed E-state index contributed by atoms with van der Waals surface area (Å²) < 4.78 is 10.8. The molecular formula is C30H52O11. The maximum Gasteiger partial charge on any atom is 0.339 e. The average molecular weight is 589 g/mol. The summed E-state index contributed by atoms with van der Waals surface area (Å²) in [6, 6.07) is 4.82. The van der Waals surface area contributed by atoms with E-state index in [1.807, 2.05) is 0 Å². The molecule has 0 aliphatic rings. The van der Waals surface area contributed by atoms with Gasteiger partial charge in [-0.05, 0) is 18.6 Å². The molecule has 0 aromatic heterocycles. The number of aliphatic hydroxyl groups excluding tert-OH is 5. The molecule has 11 nitrogen and oxygen atoms in total. The van der Waals surface area contributed by atoms with Crippen molar-refractivity contribution >= 4 is 11.9 Å². The summed E-state index contributed by atoms with van der Waals surface area (Å²) in [6.07, 6.45) is 10.6. The minimum absolute atomic E-state index is 0.186. The van der Waals surface area contributed by atoms with E-state index >= 15 is 0 Å². The summed E-state index contributed by atoms with van der Waals surface area (Å²) in [6.45, 7) is 1.97. The number of aliphatic carboxylic acids is 1. The second kappa shape index (κ2) is 24.2. The Balaban J connectivity index is 0.00000103. The van der Waals surface area contributed by atoms with Gasteiger partial charge in [-0.1, -0.05) is 90.4 Å². The fourth-order valence-corrected chi connectivity index (χ4v) is 4.07. The van der Waals surface area contributed by atoms with Gasteiger partial charge in [-0.3, -0.25) is 0 Å². The molecule has 0 unspecified atom stereocenters. The van der Waals surface area contributed by atoms with Gasteiger partial charge in [0.15, 0.2) is 6.10 Å². The van der Waals surface area contributed by atoms with Crippen LogP contribution in [0.3, 0.4) is 0 Å². The number of hydrogen-bond acceptors (Lipinski definition) is 9. The van der Waals surface area contributed by atoms with Crippen molar-refractivity contribution in [3.8, 4) is 11.5 Å². The molecule has 0 bridgehead atoms. The smallest absolute Gasteiger partial charge is 0.339 e. The van der Waals surface area contributed by atoms with Crippen molar-refractivity contribution in [2.45, 2.75) is 121 Å². The van der Waals surface area contributed by atoms with E-state index in [2.05, 4.69) is 6.92 Å². The van der Waals surface area contributed by atoms with Gasteiger partial charge < -0.3 is 45.2 Å². The normalized spacial score (nSPS) is 13.8. The molecule has 11 heteroatoms. The van der Waals surface area contributed by atoms with Crippen LogP contribution < -0.4 is 9.47 Å². The van der Waals surface area contributed by atoms with Gasteiger partial charge >= 0.3 is 11.9 Å². The van der Waals surface area contributed by atoms with Crippen LogP contribution >= 0.6 is 0 Å². The first-order valence-electron chi connectivity index (χ1n) is 14.7. The molecule has 0 saturated heterocycles. The van der Waals surface area contributed by atoms with E-state index in [9.17, 15) is 14.7 Å². The van der Waals surface area contributed by atoms with Crippen LogP contribution in [0.1, 0.15) is 107 Å². The molecule has 0 aliphatic heterocycles. The van der Waals surface area contributed by atoms with E-state index in [0.717, 1.165) is 12.8 Å². The number of aliphatic hydroxyl groups is 5. The van der Waals surface area contributed by atoms with Crippen LogP contribution in [0.15, 0.2) is 18.2 Å². The summed E-state index contributed by atoms with van der Waals surface area (Å²) in [5.74, 6) is -1.70. The van der Waals surface area contributed by atoms with Crippen LogP contribution in [-0.4, -0.2) is 92.4 Å². The zero-order valence-corrected chi connectivity index (χ0v) is 24.6. The van der Waals surface area contributed by atoms with Gasteiger partial charge in [-0.2, -0.15) is 0 Å². The number of carboxylic acid groups (broad SMARTS) is 2. The summed E-state index contributed by atoms with van der Waals surface area (Å²) in [7, 11) is 1.56. The fourth-order valence-electron chi connectivity index (χ4n) is 4.07. The van der Waals surface area contributed by atoms with Crippen LogP contribution in [0.25, 0.3) is 0 Å². The number of rotatable bonds is 23. The number of carboxylic acids is 2. The predicted molar refractivity (Wildman–Crippen MR) is 155 cm³/mol. The van der Waals surface area contributed by atoms with Crippen LogP contribution in [-0.2, 0) is 4.79 Å². The number of methoxy groups -OCH3 is 1. The maximum atomic E-state index is 11.3. The van der Waals surface area contributed by atoms with Crippen molar-refractivity contribution in [1.29, 1.82) is 0 Å². The SMILES string of the molecule is CCCCCCCCCCCCCCCCOc1cc(OC)ccc1C(=O)O.O=C(O)[C@H](O)[C@@H](O)[C@H](O)[C@H](O)CO. The average Bonchev–Trinajstić information content (AvgIpc) is 2.97. The Morgan fingerprint density at radius 3 is 1.66 bits per heavy atom. The lowest BCUT2D eigenvalue weighted by Gasteiger charge is -2.23. The molecule has 0 amide bonds. The number of aromatic carboxylic acids is 1. The van der Waals surface area contributed by atoms with Crippen molar-refractivity contribution in [2.24, 2.45) is 0 Å². The van der Waals surface area contributed by atoms with Crippen molar-refractivity contribution in [3.05, 3.63) is 23.8 Å². The summed E-state index contributed by atoms with van der Waals surface area (Å²) in [5.41, 5.74) is 0.186. The molecule has 7 N–H and O–H groups in total. The lowest BCUT2D eigenvalue weighted by Crippen LogP contribution is -2.48. The predicted octanol–water partition coefficient (Wildman–Crippen LogP) is 3.76. The maximum absolute atomic E-state index is 11.3. The Morgan fingerprint density at radius 2 is 1.24 bits per heavy atom. The molecule has 1 aromatic carbocycles. The standard InChI is InChI=1S/C24H40O4.C6H12O7/c1-3-4-5-6-7-8-9-10-11-12-13-14-15-16-19-28-23-20-21(27-2)17-18-22(23)24(25)26;7-1-2(8)3(9)4(10)5(11)6(12)13/h17-18,20H,3-16,19H2,1-2H3,(H,25,26);2-5,7-11H,1H2,(H,12,13)/t;2-,3-,4+,5-/m.1/s1. The first-order valence-corrected chi connectivity index (χ1v) is 14.7. The minimum Gasteiger partial charge on any atom is -0.497 e. The van der Waals surface area contributed by atoms with Gasteiger partial charge in [-0.25, -0.2) is 9.59 Å². The van der Waals surface area contributed by atoms with Crippen molar-refractivity contribution in [3.63, 3.8) is 0 Å². The highest BCUT2D eigenvalue weighted by Crippen LogP contribution is 2.25. The molecule has 0 fully saturated rings. The van der Waals surface area contributed by atoms with Gasteiger partial charge in [0.1, 0.15) is 35.4 Å². The Bertz CT molecular complexity index is 818. The monoisotopic (exact) mass is 588 g/mol. The minimum atomic E-state index is -2.20. The van der Waals surface area contributed by atoms with Crippen molar-refractivity contribution in [2.75, 3.05) is 20.3 Å². The van der Waals surface area contributed by atoms with Crippen molar-refractivity contribution < 1.29 is 54.8 Å². The Morgan fingerprint density at radius 1 is 0.756 bits per heavy atom. The molecule has 0 aliphatic carbocycles. The molecule has 0 heterocycles. The van der Waals surface area contributed by atoms with Crippen LogP contribution in [0.4, 0.5) is 0 Å². The van der Waals surface area contributed by atoms with Gasteiger partial charge in [0.25, 0.3) is 0 Å². The lowest BCUT2D eigenvalue weighted by molar-refractivity contribution is -0.164. The Kier molecular flexibility index (Phi) is 22.7. The first-order chi connectivity index (χ1) is 19.6. The third-order valence-corrected chi connectivity index (χ3v) is 6.68. The zero-order chi connectivity index (χ0) is 31.0. The van der Waals surface area contributed by atoms with E-state index in [1.54, 1.807) is 19.2 Å². The largest absolute Gasteiger partial charge is 0.497 e. The van der Waals surface area contributed by atoms with Crippen LogP contribution in [0.2, 0.25) is 0 Å². The summed E-state index contributed by atoms with van der Waals surface area (Å²) >= 11 is 0. The van der Waals surface area contributed by atoms with E-state index in [0.29, 0.717) is 18.1 Å². The number of carbonyl (C=O) groups is 2. The number of benzene rings is 1. The van der Waals surface area contributed by atoms with E-state index in [4.69, 9.17) is 40.1 Å². The molecule has 4 atom stereocenters. The second-order valence-electron chi connectivity index (χ2n) is 10.1. The van der Waals surface area contributed by atoms with Gasteiger partial charge in [0.2, 0.25) is 0 Å². The van der Waals surface area contributed by atoms with Gasteiger partial charge in [0.05, 0.1) is 20.3 Å². The third kappa shape index (κ3) is 17.9. The molecule has 238 valence electrons. The zero-order valence-electron chi connectivity index (χ0n) is 24.6. The lowest BCUT2D eigenvalue weighted by atomic mass is 10.0. The van der Waals surface area contributed by atoms with Crippen molar-refractivity contribution in [1.82, 2.24) is 0 Å². The third-order valence-electron chi connectivity index (χ3n) is 6.68. The number of unbranched alkanes of at least 4 members (excludes halogenated alkanes) is 13. The summed E-state index contributed by atoms with van der Waals surface area (Å²) in [4.78, 5) is 21.4. The molecule has 0 spiro atoms. The molecular weight excluding hydrogens is 536 g/mol. The molecule has 0 radical (unpaired) electrons. The van der Waals surface area contributed by atoms with E-state index < -0.39 is 43.0 Å². The number of ether oxygens (including phenoxy) is 2. The highest BCUT2D eigenvalue weighted by Gasteiger charge is 2.33. The highest BCUT2D eigenvalue weighted by molar-refractivity contribution is 5.91. The topological polar surface area (TPSA) is 194 Å². The van der Waals surface area contributed by atoms with Gasteiger partial charge in [-0.15, -0.1) is 0 Å². The van der Waals surface area contributed by atoms with Crippen LogP contribution in [0, 0.1) is 0 Å². The number of hydrogen-bond donors (Lipinski definition) is 7. The molecule has 1 rings (SSSR count). The highest BCUT2D eigenvalue weighted by atomic mass is 16.5. The van der Waals surface area contributed by atoms with E-state index in [-0.39, 0.29) is 5.56 Å².